The zero-order valence-electron chi connectivity index (χ0n) is 9.24. The van der Waals surface area contributed by atoms with Crippen molar-refractivity contribution < 1.29 is 17.9 Å². The molecule has 0 radical (unpaired) electrons. The summed E-state index contributed by atoms with van der Waals surface area (Å²) in [6.45, 7) is 0. The number of hydrogen-bond acceptors (Lipinski definition) is 4. The summed E-state index contributed by atoms with van der Waals surface area (Å²) >= 11 is 0. The fraction of sp³-hybridized carbons (Fsp3) is 0.273. The van der Waals surface area contributed by atoms with Gasteiger partial charge in [-0.3, -0.25) is 0 Å². The van der Waals surface area contributed by atoms with Crippen LogP contribution in [-0.2, 0) is 0 Å². The van der Waals surface area contributed by atoms with Crippen LogP contribution < -0.4 is 10.5 Å². The number of benzene rings is 1. The van der Waals surface area contributed by atoms with Crippen molar-refractivity contribution >= 4 is 11.5 Å². The molecule has 1 aromatic rings. The van der Waals surface area contributed by atoms with E-state index in [4.69, 9.17) is 5.73 Å². The van der Waals surface area contributed by atoms with Crippen molar-refractivity contribution in [2.24, 2.45) is 15.9 Å². The summed E-state index contributed by atoms with van der Waals surface area (Å²) in [5.74, 6) is 0.0902. The van der Waals surface area contributed by atoms with Gasteiger partial charge in [-0.05, 0) is 18.6 Å². The number of rotatable bonds is 2. The number of alkyl halides is 3. The highest BCUT2D eigenvalue weighted by Crippen LogP contribution is 2.28. The Bertz CT molecular complexity index is 509. The molecule has 1 heterocycles. The number of halogens is 3. The fourth-order valence-corrected chi connectivity index (χ4v) is 1.58. The molecule has 1 aliphatic heterocycles. The molecule has 0 spiro atoms. The van der Waals surface area contributed by atoms with E-state index >= 15 is 0 Å². The second-order valence-corrected chi connectivity index (χ2v) is 3.68. The Kier molecular flexibility index (Phi) is 3.22. The number of nitrogens with two attached hydrogens (primary N) is 1. The lowest BCUT2D eigenvalue weighted by Gasteiger charge is -2.15. The zero-order chi connectivity index (χ0) is 13.2. The third-order valence-corrected chi connectivity index (χ3v) is 2.34. The molecule has 4 nitrogen and oxygen atoms in total. The fourth-order valence-electron chi connectivity index (χ4n) is 1.58. The lowest BCUT2D eigenvalue weighted by Crippen LogP contribution is -2.21. The standard InChI is InChI=1S/C11H10F3N3O/c12-11(13,14)18-9-4-2-1-3-7(9)8-5-6-10(15)17-16-8/h1-4H,5-6H2,(H2,15,17). The summed E-state index contributed by atoms with van der Waals surface area (Å²) in [5.41, 5.74) is 6.16. The third-order valence-electron chi connectivity index (χ3n) is 2.34. The Hall–Kier alpha value is -2.05. The van der Waals surface area contributed by atoms with Gasteiger partial charge in [0.1, 0.15) is 11.6 Å². The highest BCUT2D eigenvalue weighted by molar-refractivity contribution is 6.05. The summed E-state index contributed by atoms with van der Waals surface area (Å²) in [4.78, 5) is 0. The van der Waals surface area contributed by atoms with Crippen LogP contribution in [0.25, 0.3) is 0 Å². The Labute approximate surface area is 101 Å². The van der Waals surface area contributed by atoms with Crippen molar-refractivity contribution in [3.63, 3.8) is 0 Å². The second kappa shape index (κ2) is 4.67. The zero-order valence-corrected chi connectivity index (χ0v) is 9.24. The summed E-state index contributed by atoms with van der Waals surface area (Å²) in [6, 6.07) is 5.83. The molecule has 0 aliphatic carbocycles. The Morgan fingerprint density at radius 3 is 2.44 bits per heavy atom. The maximum absolute atomic E-state index is 12.2. The molecule has 0 aromatic heterocycles. The maximum atomic E-state index is 12.2. The van der Waals surface area contributed by atoms with Gasteiger partial charge < -0.3 is 10.5 Å². The van der Waals surface area contributed by atoms with Gasteiger partial charge in [0.15, 0.2) is 0 Å². The second-order valence-electron chi connectivity index (χ2n) is 3.68. The molecule has 2 rings (SSSR count). The van der Waals surface area contributed by atoms with Crippen LogP contribution in [0.3, 0.4) is 0 Å². The molecule has 0 bridgehead atoms. The van der Waals surface area contributed by atoms with Crippen molar-refractivity contribution in [3.05, 3.63) is 29.8 Å². The van der Waals surface area contributed by atoms with Crippen molar-refractivity contribution in [2.75, 3.05) is 0 Å². The van der Waals surface area contributed by atoms with E-state index in [1.807, 2.05) is 0 Å². The molecule has 1 aromatic carbocycles. The molecule has 18 heavy (non-hydrogen) atoms. The van der Waals surface area contributed by atoms with E-state index in [1.165, 1.54) is 18.2 Å². The molecule has 0 saturated heterocycles. The molecule has 2 N–H and O–H groups in total. The minimum Gasteiger partial charge on any atom is -0.405 e. The van der Waals surface area contributed by atoms with Crippen LogP contribution in [-0.4, -0.2) is 17.9 Å². The predicted octanol–water partition coefficient (Wildman–Crippen LogP) is 2.44. The monoisotopic (exact) mass is 257 g/mol. The molecule has 96 valence electrons. The molecule has 0 fully saturated rings. The van der Waals surface area contributed by atoms with Crippen LogP contribution in [0.4, 0.5) is 13.2 Å². The van der Waals surface area contributed by atoms with Crippen LogP contribution in [0.15, 0.2) is 34.5 Å². The van der Waals surface area contributed by atoms with E-state index in [0.717, 1.165) is 0 Å². The Morgan fingerprint density at radius 2 is 1.83 bits per heavy atom. The first-order valence-corrected chi connectivity index (χ1v) is 5.20. The van der Waals surface area contributed by atoms with Gasteiger partial charge in [0, 0.05) is 12.0 Å². The van der Waals surface area contributed by atoms with Crippen molar-refractivity contribution in [2.45, 2.75) is 19.2 Å². The molecular weight excluding hydrogens is 247 g/mol. The van der Waals surface area contributed by atoms with Gasteiger partial charge in [0.2, 0.25) is 0 Å². The van der Waals surface area contributed by atoms with Gasteiger partial charge in [0.05, 0.1) is 5.71 Å². The van der Waals surface area contributed by atoms with Crippen molar-refractivity contribution in [1.29, 1.82) is 0 Å². The van der Waals surface area contributed by atoms with Crippen LogP contribution in [0, 0.1) is 0 Å². The summed E-state index contributed by atoms with van der Waals surface area (Å²) in [7, 11) is 0. The highest BCUT2D eigenvalue weighted by atomic mass is 19.4. The largest absolute Gasteiger partial charge is 0.573 e. The Balaban J connectivity index is 2.34. The SMILES string of the molecule is NC1=NN=C(c2ccccc2OC(F)(F)F)CC1. The van der Waals surface area contributed by atoms with E-state index in [1.54, 1.807) is 6.07 Å². The van der Waals surface area contributed by atoms with E-state index in [-0.39, 0.29) is 11.3 Å². The lowest BCUT2D eigenvalue weighted by molar-refractivity contribution is -0.274. The molecule has 1 aliphatic rings. The normalized spacial score (nSPS) is 15.9. The summed E-state index contributed by atoms with van der Waals surface area (Å²) < 4.78 is 40.7. The van der Waals surface area contributed by atoms with Gasteiger partial charge in [-0.25, -0.2) is 0 Å². The van der Waals surface area contributed by atoms with Gasteiger partial charge in [-0.15, -0.1) is 18.3 Å². The van der Waals surface area contributed by atoms with E-state index in [0.29, 0.717) is 24.4 Å². The van der Waals surface area contributed by atoms with Crippen molar-refractivity contribution in [1.82, 2.24) is 0 Å². The van der Waals surface area contributed by atoms with Crippen molar-refractivity contribution in [3.8, 4) is 5.75 Å². The topological polar surface area (TPSA) is 60.0 Å². The first-order chi connectivity index (χ1) is 8.46. The summed E-state index contributed by atoms with van der Waals surface area (Å²) in [6.07, 6.45) is -3.82. The van der Waals surface area contributed by atoms with Gasteiger partial charge >= 0.3 is 6.36 Å². The third kappa shape index (κ3) is 2.99. The first kappa shape index (κ1) is 12.4. The van der Waals surface area contributed by atoms with Gasteiger partial charge in [-0.1, -0.05) is 12.1 Å². The summed E-state index contributed by atoms with van der Waals surface area (Å²) in [5, 5.41) is 7.47. The van der Waals surface area contributed by atoms with Gasteiger partial charge in [0.25, 0.3) is 0 Å². The van der Waals surface area contributed by atoms with E-state index < -0.39 is 6.36 Å². The molecule has 7 heteroatoms. The highest BCUT2D eigenvalue weighted by Gasteiger charge is 2.32. The Morgan fingerprint density at radius 1 is 1.11 bits per heavy atom. The quantitative estimate of drug-likeness (QED) is 0.884. The predicted molar refractivity (Wildman–Crippen MR) is 60.5 cm³/mol. The van der Waals surface area contributed by atoms with E-state index in [9.17, 15) is 13.2 Å². The van der Waals surface area contributed by atoms with Crippen LogP contribution >= 0.6 is 0 Å². The average Bonchev–Trinajstić information content (AvgIpc) is 2.29. The minimum atomic E-state index is -4.73. The number of ether oxygens (including phenoxy) is 1. The molecule has 0 amide bonds. The lowest BCUT2D eigenvalue weighted by atomic mass is 10.0. The first-order valence-electron chi connectivity index (χ1n) is 5.20. The van der Waals surface area contributed by atoms with Crippen LogP contribution in [0.2, 0.25) is 0 Å². The molecular formula is C11H10F3N3O. The molecule has 0 atom stereocenters. The van der Waals surface area contributed by atoms with Crippen LogP contribution in [0.5, 0.6) is 5.75 Å². The molecule has 0 unspecified atom stereocenters. The smallest absolute Gasteiger partial charge is 0.405 e. The van der Waals surface area contributed by atoms with Gasteiger partial charge in [-0.2, -0.15) is 5.10 Å². The number of hydrogen-bond donors (Lipinski definition) is 1. The van der Waals surface area contributed by atoms with Crippen LogP contribution in [0.1, 0.15) is 18.4 Å². The number of amidine groups is 1. The average molecular weight is 257 g/mol. The van der Waals surface area contributed by atoms with E-state index in [2.05, 4.69) is 14.9 Å². The number of para-hydroxylation sites is 1. The maximum Gasteiger partial charge on any atom is 0.573 e. The minimum absolute atomic E-state index is 0.278. The molecule has 0 saturated carbocycles. The number of nitrogens with zero attached hydrogens (tertiary/aromatic N) is 2.